The van der Waals surface area contributed by atoms with Crippen LogP contribution in [0.1, 0.15) is 59.3 Å². The smallest absolute Gasteiger partial charge is 0.331 e. The summed E-state index contributed by atoms with van der Waals surface area (Å²) < 4.78 is 5.14. The average Bonchev–Trinajstić information content (AvgIpc) is 2.41. The molecular weight excluding hydrogens is 280 g/mol. The molecule has 0 radical (unpaired) electrons. The van der Waals surface area contributed by atoms with Crippen molar-refractivity contribution in [3.8, 4) is 0 Å². The van der Waals surface area contributed by atoms with E-state index in [1.54, 1.807) is 6.92 Å². The van der Waals surface area contributed by atoms with Crippen LogP contribution in [0.15, 0.2) is 11.1 Å². The van der Waals surface area contributed by atoms with Crippen LogP contribution in [0, 0.1) is 22.2 Å². The maximum atomic E-state index is 12.5. The number of hydrogen-bond acceptors (Lipinski definition) is 3. The fraction of sp³-hybridized carbons (Fsp3) is 0.778. The number of carboxylic acid groups (broad SMARTS) is 1. The Morgan fingerprint density at radius 1 is 1.05 bits per heavy atom. The van der Waals surface area contributed by atoms with Gasteiger partial charge in [-0.15, -0.1) is 0 Å². The zero-order valence-electron chi connectivity index (χ0n) is 14.0. The van der Waals surface area contributed by atoms with Crippen molar-refractivity contribution in [3.05, 3.63) is 11.1 Å². The summed E-state index contributed by atoms with van der Waals surface area (Å²) in [5.41, 5.74) is 1.02. The quantitative estimate of drug-likeness (QED) is 0.639. The van der Waals surface area contributed by atoms with Crippen molar-refractivity contribution in [3.63, 3.8) is 0 Å². The van der Waals surface area contributed by atoms with Gasteiger partial charge in [-0.1, -0.05) is 12.5 Å². The van der Waals surface area contributed by atoms with Crippen LogP contribution in [0.3, 0.4) is 0 Å². The molecule has 4 nitrogen and oxygen atoms in total. The summed E-state index contributed by atoms with van der Waals surface area (Å²) in [6.45, 7) is 5.93. The van der Waals surface area contributed by atoms with E-state index >= 15 is 0 Å². The molecule has 22 heavy (non-hydrogen) atoms. The number of carbonyl (C=O) groups excluding carboxylic acids is 1. The van der Waals surface area contributed by atoms with Gasteiger partial charge in [0.15, 0.2) is 0 Å². The van der Waals surface area contributed by atoms with E-state index in [9.17, 15) is 14.7 Å². The van der Waals surface area contributed by atoms with E-state index in [4.69, 9.17) is 4.74 Å². The van der Waals surface area contributed by atoms with Crippen molar-refractivity contribution in [1.82, 2.24) is 0 Å². The first-order valence-electron chi connectivity index (χ1n) is 8.15. The first-order chi connectivity index (χ1) is 10.2. The minimum atomic E-state index is -0.842. The van der Waals surface area contributed by atoms with E-state index in [2.05, 4.69) is 6.92 Å². The Morgan fingerprint density at radius 3 is 2.18 bits per heavy atom. The molecule has 0 aromatic carbocycles. The van der Waals surface area contributed by atoms with Crippen molar-refractivity contribution >= 4 is 11.9 Å². The van der Waals surface area contributed by atoms with Crippen LogP contribution >= 0.6 is 0 Å². The second-order valence-electron chi connectivity index (χ2n) is 8.43. The predicted molar refractivity (Wildman–Crippen MR) is 82.2 cm³/mol. The maximum absolute atomic E-state index is 12.5. The van der Waals surface area contributed by atoms with Gasteiger partial charge in [0.1, 0.15) is 0 Å². The molecule has 4 aliphatic rings. The molecule has 0 aromatic heterocycles. The van der Waals surface area contributed by atoms with E-state index in [-0.39, 0.29) is 16.8 Å². The van der Waals surface area contributed by atoms with E-state index in [0.29, 0.717) is 11.5 Å². The van der Waals surface area contributed by atoms with Crippen molar-refractivity contribution < 1.29 is 19.4 Å². The molecule has 0 amide bonds. The summed E-state index contributed by atoms with van der Waals surface area (Å²) in [7, 11) is 1.47. The van der Waals surface area contributed by atoms with Gasteiger partial charge in [-0.25, -0.2) is 4.79 Å². The minimum absolute atomic E-state index is 0.0898. The van der Waals surface area contributed by atoms with E-state index < -0.39 is 11.4 Å². The Labute approximate surface area is 131 Å². The van der Waals surface area contributed by atoms with Crippen LogP contribution in [0.25, 0.3) is 0 Å². The van der Waals surface area contributed by atoms with Gasteiger partial charge in [0, 0.05) is 5.57 Å². The number of esters is 1. The van der Waals surface area contributed by atoms with Crippen LogP contribution in [0.2, 0.25) is 0 Å². The lowest BCUT2D eigenvalue weighted by atomic mass is 9.38. The lowest BCUT2D eigenvalue weighted by Gasteiger charge is -2.65. The van der Waals surface area contributed by atoms with Gasteiger partial charge < -0.3 is 9.84 Å². The highest BCUT2D eigenvalue weighted by atomic mass is 16.5. The number of rotatable bonds is 3. The molecular formula is C18H26O4. The molecule has 0 saturated heterocycles. The van der Waals surface area contributed by atoms with Crippen LogP contribution < -0.4 is 0 Å². The molecule has 0 spiro atoms. The number of aliphatic carboxylic acids is 1. The number of allylic oxidation sites excluding steroid dienone is 1. The third kappa shape index (κ3) is 2.03. The minimum Gasteiger partial charge on any atom is -0.478 e. The molecule has 0 aliphatic heterocycles. The van der Waals surface area contributed by atoms with Crippen molar-refractivity contribution in [1.29, 1.82) is 0 Å². The Hall–Kier alpha value is -1.32. The standard InChI is InChI=1S/C18H26O4/c1-11(14(19)20)12(2)17-6-13-5-16(3,8-17)9-18(7-13,10-17)15(21)22-4/h13H,5-10H2,1-4H3,(H,19,20). The molecule has 4 aliphatic carbocycles. The Morgan fingerprint density at radius 2 is 1.64 bits per heavy atom. The van der Waals surface area contributed by atoms with Gasteiger partial charge in [0.25, 0.3) is 0 Å². The first kappa shape index (κ1) is 15.6. The van der Waals surface area contributed by atoms with E-state index in [1.807, 2.05) is 6.92 Å². The topological polar surface area (TPSA) is 63.6 Å². The molecule has 4 rings (SSSR count). The maximum Gasteiger partial charge on any atom is 0.331 e. The third-order valence-electron chi connectivity index (χ3n) is 6.64. The molecule has 4 fully saturated rings. The molecule has 4 unspecified atom stereocenters. The average molecular weight is 306 g/mol. The van der Waals surface area contributed by atoms with Crippen molar-refractivity contribution in [2.75, 3.05) is 7.11 Å². The fourth-order valence-electron chi connectivity index (χ4n) is 6.34. The lowest BCUT2D eigenvalue weighted by molar-refractivity contribution is -0.186. The largest absolute Gasteiger partial charge is 0.478 e. The predicted octanol–water partition coefficient (Wildman–Crippen LogP) is 3.56. The van der Waals surface area contributed by atoms with Crippen LogP contribution in [0.4, 0.5) is 0 Å². The summed E-state index contributed by atoms with van der Waals surface area (Å²) in [4.78, 5) is 24.0. The number of hydrogen-bond donors (Lipinski definition) is 1. The number of carboxylic acids is 1. The summed E-state index contributed by atoms with van der Waals surface area (Å²) in [6, 6.07) is 0. The van der Waals surface area contributed by atoms with Crippen molar-refractivity contribution in [2.24, 2.45) is 22.2 Å². The number of ether oxygens (including phenoxy) is 1. The number of carbonyl (C=O) groups is 2. The second-order valence-corrected chi connectivity index (χ2v) is 8.43. The highest BCUT2D eigenvalue weighted by molar-refractivity contribution is 5.87. The molecule has 1 N–H and O–H groups in total. The van der Waals surface area contributed by atoms with Gasteiger partial charge in [-0.2, -0.15) is 0 Å². The van der Waals surface area contributed by atoms with Gasteiger partial charge in [0.05, 0.1) is 12.5 Å². The summed E-state index contributed by atoms with van der Waals surface area (Å²) in [5, 5.41) is 9.39. The van der Waals surface area contributed by atoms with Gasteiger partial charge in [-0.05, 0) is 69.1 Å². The second kappa shape index (κ2) is 4.59. The Kier molecular flexibility index (Phi) is 3.25. The third-order valence-corrected chi connectivity index (χ3v) is 6.64. The molecule has 0 heterocycles. The molecule has 4 saturated carbocycles. The Balaban J connectivity index is 2.09. The van der Waals surface area contributed by atoms with Gasteiger partial charge in [-0.3, -0.25) is 4.79 Å². The van der Waals surface area contributed by atoms with Gasteiger partial charge in [0.2, 0.25) is 0 Å². The molecule has 4 heteroatoms. The Bertz CT molecular complexity index is 578. The molecule has 4 bridgehead atoms. The summed E-state index contributed by atoms with van der Waals surface area (Å²) in [5.74, 6) is -0.421. The molecule has 122 valence electrons. The van der Waals surface area contributed by atoms with Crippen LogP contribution in [-0.2, 0) is 14.3 Å². The normalized spacial score (nSPS) is 43.7. The van der Waals surface area contributed by atoms with E-state index in [1.165, 1.54) is 7.11 Å². The fourth-order valence-corrected chi connectivity index (χ4v) is 6.34. The number of methoxy groups -OCH3 is 1. The van der Waals surface area contributed by atoms with Crippen LogP contribution in [0.5, 0.6) is 0 Å². The monoisotopic (exact) mass is 306 g/mol. The zero-order valence-corrected chi connectivity index (χ0v) is 14.0. The highest BCUT2D eigenvalue weighted by Gasteiger charge is 2.65. The SMILES string of the molecule is COC(=O)C12CC3CC(C)(C1)CC(C(C)=C(C)C(=O)O)(C3)C2. The molecule has 0 aromatic rings. The van der Waals surface area contributed by atoms with Crippen LogP contribution in [-0.4, -0.2) is 24.2 Å². The van der Waals surface area contributed by atoms with Gasteiger partial charge >= 0.3 is 11.9 Å². The van der Waals surface area contributed by atoms with E-state index in [0.717, 1.165) is 44.1 Å². The molecule has 4 atom stereocenters. The lowest BCUT2D eigenvalue weighted by Crippen LogP contribution is -2.59. The highest BCUT2D eigenvalue weighted by Crippen LogP contribution is 2.71. The first-order valence-corrected chi connectivity index (χ1v) is 8.15. The zero-order chi connectivity index (χ0) is 16.3. The van der Waals surface area contributed by atoms with Crippen molar-refractivity contribution in [2.45, 2.75) is 59.3 Å². The summed E-state index contributed by atoms with van der Waals surface area (Å²) >= 11 is 0. The summed E-state index contributed by atoms with van der Waals surface area (Å²) in [6.07, 6.45) is 5.76.